The molecule has 2 saturated heterocycles. The summed E-state index contributed by atoms with van der Waals surface area (Å²) in [5.74, 6) is 0.188. The van der Waals surface area contributed by atoms with Gasteiger partial charge in [-0.15, -0.1) is 0 Å². The van der Waals surface area contributed by atoms with Crippen LogP contribution in [0.2, 0.25) is 0 Å². The topological polar surface area (TPSA) is 42.0 Å². The lowest BCUT2D eigenvalue weighted by molar-refractivity contribution is -0.151. The molecular formula is C13H24N2O3. The number of hydrogen-bond donors (Lipinski definition) is 0. The highest BCUT2D eigenvalue weighted by molar-refractivity contribution is 5.82. The number of morpholine rings is 2. The Hall–Kier alpha value is -0.650. The second kappa shape index (κ2) is 5.55. The summed E-state index contributed by atoms with van der Waals surface area (Å²) in [5.41, 5.74) is -0.00358. The van der Waals surface area contributed by atoms with Crippen LogP contribution in [0.4, 0.5) is 0 Å². The highest BCUT2D eigenvalue weighted by atomic mass is 16.5. The van der Waals surface area contributed by atoms with Gasteiger partial charge in [-0.2, -0.15) is 0 Å². The fourth-order valence-corrected chi connectivity index (χ4v) is 2.61. The van der Waals surface area contributed by atoms with Gasteiger partial charge in [0.15, 0.2) is 0 Å². The van der Waals surface area contributed by atoms with Gasteiger partial charge >= 0.3 is 0 Å². The van der Waals surface area contributed by atoms with Crippen molar-refractivity contribution in [1.82, 2.24) is 9.80 Å². The fraction of sp³-hybridized carbons (Fsp3) is 0.923. The number of amides is 1. The van der Waals surface area contributed by atoms with Crippen LogP contribution in [0, 0.1) is 0 Å². The van der Waals surface area contributed by atoms with Gasteiger partial charge < -0.3 is 14.4 Å². The van der Waals surface area contributed by atoms with Crippen LogP contribution < -0.4 is 0 Å². The maximum atomic E-state index is 12.6. The zero-order valence-corrected chi connectivity index (χ0v) is 11.6. The Morgan fingerprint density at radius 2 is 1.67 bits per heavy atom. The lowest BCUT2D eigenvalue weighted by atomic mass is 10.0. The Morgan fingerprint density at radius 3 is 2.28 bits per heavy atom. The number of carbonyl (C=O) groups excluding carboxylic acids is 1. The summed E-state index contributed by atoms with van der Waals surface area (Å²) in [5, 5.41) is 0. The first-order chi connectivity index (χ1) is 8.50. The maximum Gasteiger partial charge on any atom is 0.242 e. The van der Waals surface area contributed by atoms with Crippen molar-refractivity contribution in [3.63, 3.8) is 0 Å². The van der Waals surface area contributed by atoms with Crippen LogP contribution in [0.3, 0.4) is 0 Å². The molecule has 2 rings (SSSR count). The Balaban J connectivity index is 2.05. The van der Waals surface area contributed by atoms with Crippen molar-refractivity contribution in [3.05, 3.63) is 0 Å². The van der Waals surface area contributed by atoms with E-state index in [1.165, 1.54) is 0 Å². The molecule has 1 atom stereocenters. The Kier molecular flexibility index (Phi) is 4.25. The van der Waals surface area contributed by atoms with Crippen molar-refractivity contribution in [2.24, 2.45) is 0 Å². The van der Waals surface area contributed by atoms with Gasteiger partial charge in [-0.1, -0.05) is 0 Å². The third kappa shape index (κ3) is 3.02. The molecule has 2 heterocycles. The van der Waals surface area contributed by atoms with E-state index in [-0.39, 0.29) is 17.5 Å². The summed E-state index contributed by atoms with van der Waals surface area (Å²) in [6, 6.07) is -0.142. The summed E-state index contributed by atoms with van der Waals surface area (Å²) < 4.78 is 10.8. The standard InChI is InChI=1S/C13H24N2O3/c1-13(2,3)15-6-9-18-10-11(15)12(16)14-4-7-17-8-5-14/h11H,4-10H2,1-3H3. The molecule has 0 aliphatic carbocycles. The molecule has 2 aliphatic heterocycles. The minimum atomic E-state index is -0.142. The zero-order valence-electron chi connectivity index (χ0n) is 11.6. The van der Waals surface area contributed by atoms with E-state index in [9.17, 15) is 4.79 Å². The van der Waals surface area contributed by atoms with Gasteiger partial charge in [0.2, 0.25) is 5.91 Å². The van der Waals surface area contributed by atoms with Crippen LogP contribution in [0.25, 0.3) is 0 Å². The van der Waals surface area contributed by atoms with Crippen molar-refractivity contribution in [1.29, 1.82) is 0 Å². The largest absolute Gasteiger partial charge is 0.378 e. The Bertz CT molecular complexity index is 295. The van der Waals surface area contributed by atoms with Gasteiger partial charge in [-0.3, -0.25) is 9.69 Å². The van der Waals surface area contributed by atoms with Crippen LogP contribution in [0.5, 0.6) is 0 Å². The van der Waals surface area contributed by atoms with E-state index in [4.69, 9.17) is 9.47 Å². The molecule has 0 aromatic heterocycles. The Labute approximate surface area is 109 Å². The van der Waals surface area contributed by atoms with Crippen molar-refractivity contribution in [2.45, 2.75) is 32.4 Å². The monoisotopic (exact) mass is 256 g/mol. The van der Waals surface area contributed by atoms with E-state index in [0.717, 1.165) is 6.54 Å². The molecule has 0 aromatic carbocycles. The smallest absolute Gasteiger partial charge is 0.242 e. The summed E-state index contributed by atoms with van der Waals surface area (Å²) in [7, 11) is 0. The molecule has 0 N–H and O–H groups in total. The van der Waals surface area contributed by atoms with Crippen molar-refractivity contribution < 1.29 is 14.3 Å². The predicted molar refractivity (Wildman–Crippen MR) is 68.5 cm³/mol. The highest BCUT2D eigenvalue weighted by Gasteiger charge is 2.38. The van der Waals surface area contributed by atoms with Crippen LogP contribution in [-0.4, -0.2) is 73.3 Å². The van der Waals surface area contributed by atoms with Gasteiger partial charge in [0, 0.05) is 25.2 Å². The van der Waals surface area contributed by atoms with Crippen molar-refractivity contribution in [2.75, 3.05) is 46.1 Å². The minimum Gasteiger partial charge on any atom is -0.378 e. The molecule has 0 saturated carbocycles. The van der Waals surface area contributed by atoms with Crippen LogP contribution >= 0.6 is 0 Å². The molecule has 0 spiro atoms. The second-order valence-corrected chi connectivity index (χ2v) is 5.89. The maximum absolute atomic E-state index is 12.6. The fourth-order valence-electron chi connectivity index (χ4n) is 2.61. The summed E-state index contributed by atoms with van der Waals surface area (Å²) in [4.78, 5) is 16.7. The molecule has 0 radical (unpaired) electrons. The molecule has 2 aliphatic rings. The van der Waals surface area contributed by atoms with Gasteiger partial charge in [-0.25, -0.2) is 0 Å². The number of carbonyl (C=O) groups is 1. The molecule has 5 heteroatoms. The molecule has 1 amide bonds. The third-order valence-corrected chi connectivity index (χ3v) is 3.60. The first-order valence-corrected chi connectivity index (χ1v) is 6.71. The number of ether oxygens (including phenoxy) is 2. The molecule has 1 unspecified atom stereocenters. The number of hydrogen-bond acceptors (Lipinski definition) is 4. The lowest BCUT2D eigenvalue weighted by Crippen LogP contribution is -2.61. The molecule has 2 fully saturated rings. The molecule has 0 bridgehead atoms. The van der Waals surface area contributed by atoms with E-state index in [0.29, 0.717) is 39.5 Å². The molecule has 0 aromatic rings. The molecule has 18 heavy (non-hydrogen) atoms. The number of rotatable bonds is 1. The van der Waals surface area contributed by atoms with E-state index in [1.54, 1.807) is 0 Å². The number of nitrogens with zero attached hydrogens (tertiary/aromatic N) is 2. The summed E-state index contributed by atoms with van der Waals surface area (Å²) in [6.45, 7) is 11.2. The Morgan fingerprint density at radius 1 is 1.06 bits per heavy atom. The average molecular weight is 256 g/mol. The van der Waals surface area contributed by atoms with Gasteiger partial charge in [0.1, 0.15) is 6.04 Å². The SMILES string of the molecule is CC(C)(C)N1CCOCC1C(=O)N1CCOCC1. The molecule has 5 nitrogen and oxygen atoms in total. The third-order valence-electron chi connectivity index (χ3n) is 3.60. The van der Waals surface area contributed by atoms with Gasteiger partial charge in [0.05, 0.1) is 26.4 Å². The first-order valence-electron chi connectivity index (χ1n) is 6.71. The normalized spacial score (nSPS) is 27.3. The molecular weight excluding hydrogens is 232 g/mol. The first kappa shape index (κ1) is 13.8. The lowest BCUT2D eigenvalue weighted by Gasteiger charge is -2.45. The van der Waals surface area contributed by atoms with E-state index in [1.807, 2.05) is 4.90 Å². The van der Waals surface area contributed by atoms with Gasteiger partial charge in [0.25, 0.3) is 0 Å². The van der Waals surface area contributed by atoms with Crippen LogP contribution in [0.15, 0.2) is 0 Å². The summed E-state index contributed by atoms with van der Waals surface area (Å²) in [6.07, 6.45) is 0. The summed E-state index contributed by atoms with van der Waals surface area (Å²) >= 11 is 0. The highest BCUT2D eigenvalue weighted by Crippen LogP contribution is 2.21. The van der Waals surface area contributed by atoms with E-state index in [2.05, 4.69) is 25.7 Å². The van der Waals surface area contributed by atoms with E-state index < -0.39 is 0 Å². The predicted octanol–water partition coefficient (Wildman–Crippen LogP) is 0.345. The quantitative estimate of drug-likeness (QED) is 0.679. The van der Waals surface area contributed by atoms with Crippen molar-refractivity contribution >= 4 is 5.91 Å². The minimum absolute atomic E-state index is 0.00358. The second-order valence-electron chi connectivity index (χ2n) is 5.89. The zero-order chi connectivity index (χ0) is 13.2. The van der Waals surface area contributed by atoms with Crippen LogP contribution in [0.1, 0.15) is 20.8 Å². The average Bonchev–Trinajstić information content (AvgIpc) is 2.38. The van der Waals surface area contributed by atoms with Gasteiger partial charge in [-0.05, 0) is 20.8 Å². The molecule has 104 valence electrons. The van der Waals surface area contributed by atoms with Crippen molar-refractivity contribution in [3.8, 4) is 0 Å². The van der Waals surface area contributed by atoms with E-state index >= 15 is 0 Å². The van der Waals surface area contributed by atoms with Crippen LogP contribution in [-0.2, 0) is 14.3 Å².